The van der Waals surface area contributed by atoms with Crippen LogP contribution in [0.4, 0.5) is 0 Å². The molecule has 0 atom stereocenters. The first-order valence-electron chi connectivity index (χ1n) is 3.99. The lowest BCUT2D eigenvalue weighted by atomic mass is 10.1. The minimum atomic E-state index is 0.000283. The average molecular weight is 205 g/mol. The SMILES string of the molecule is O=Cc1cc(-c2nccs2)ccc1O. The van der Waals surface area contributed by atoms with Gasteiger partial charge in [0.2, 0.25) is 0 Å². The quantitative estimate of drug-likeness (QED) is 0.765. The first kappa shape index (κ1) is 8.90. The van der Waals surface area contributed by atoms with Gasteiger partial charge < -0.3 is 5.11 Å². The van der Waals surface area contributed by atoms with Gasteiger partial charge in [0.05, 0.1) is 5.56 Å². The van der Waals surface area contributed by atoms with Crippen molar-refractivity contribution in [3.8, 4) is 16.3 Å². The minimum absolute atomic E-state index is 0.000283. The number of carbonyl (C=O) groups excluding carboxylic acids is 1. The van der Waals surface area contributed by atoms with E-state index in [1.807, 2.05) is 5.38 Å². The lowest BCUT2D eigenvalue weighted by molar-refractivity contribution is 0.112. The van der Waals surface area contributed by atoms with Crippen LogP contribution in [0.5, 0.6) is 5.75 Å². The molecule has 4 heteroatoms. The van der Waals surface area contributed by atoms with Crippen molar-refractivity contribution in [2.24, 2.45) is 0 Å². The second-order valence-corrected chi connectivity index (χ2v) is 3.62. The van der Waals surface area contributed by atoms with E-state index in [1.165, 1.54) is 17.4 Å². The second kappa shape index (κ2) is 3.59. The van der Waals surface area contributed by atoms with E-state index >= 15 is 0 Å². The molecule has 1 heterocycles. The summed E-state index contributed by atoms with van der Waals surface area (Å²) in [6.45, 7) is 0. The van der Waals surface area contributed by atoms with Crippen molar-refractivity contribution in [3.05, 3.63) is 35.3 Å². The molecule has 2 aromatic rings. The number of aldehydes is 1. The zero-order chi connectivity index (χ0) is 9.97. The van der Waals surface area contributed by atoms with Crippen molar-refractivity contribution in [2.75, 3.05) is 0 Å². The number of hydrogen-bond acceptors (Lipinski definition) is 4. The largest absolute Gasteiger partial charge is 0.507 e. The van der Waals surface area contributed by atoms with E-state index in [9.17, 15) is 9.90 Å². The van der Waals surface area contributed by atoms with Gasteiger partial charge in [-0.05, 0) is 18.2 Å². The highest BCUT2D eigenvalue weighted by Crippen LogP contribution is 2.26. The highest BCUT2D eigenvalue weighted by molar-refractivity contribution is 7.13. The van der Waals surface area contributed by atoms with Gasteiger partial charge in [-0.25, -0.2) is 4.98 Å². The van der Waals surface area contributed by atoms with Crippen LogP contribution in [0.3, 0.4) is 0 Å². The van der Waals surface area contributed by atoms with Crippen molar-refractivity contribution < 1.29 is 9.90 Å². The Morgan fingerprint density at radius 2 is 2.29 bits per heavy atom. The molecule has 14 heavy (non-hydrogen) atoms. The molecule has 1 aromatic carbocycles. The van der Waals surface area contributed by atoms with Gasteiger partial charge in [-0.3, -0.25) is 4.79 Å². The number of nitrogens with zero attached hydrogens (tertiary/aromatic N) is 1. The first-order chi connectivity index (χ1) is 6.81. The molecule has 0 aliphatic heterocycles. The summed E-state index contributed by atoms with van der Waals surface area (Å²) in [7, 11) is 0. The Labute approximate surface area is 84.7 Å². The van der Waals surface area contributed by atoms with Crippen LogP contribution in [0.25, 0.3) is 10.6 Å². The van der Waals surface area contributed by atoms with Crippen molar-refractivity contribution in [2.45, 2.75) is 0 Å². The molecule has 3 nitrogen and oxygen atoms in total. The molecule has 0 saturated heterocycles. The van der Waals surface area contributed by atoms with Gasteiger partial charge in [0, 0.05) is 17.1 Å². The number of rotatable bonds is 2. The summed E-state index contributed by atoms with van der Waals surface area (Å²) in [5, 5.41) is 12.0. The molecule has 2 rings (SSSR count). The summed E-state index contributed by atoms with van der Waals surface area (Å²) in [4.78, 5) is 14.7. The molecule has 0 saturated carbocycles. The number of phenols is 1. The van der Waals surface area contributed by atoms with E-state index in [2.05, 4.69) is 4.98 Å². The van der Waals surface area contributed by atoms with Gasteiger partial charge in [0.1, 0.15) is 10.8 Å². The molecule has 1 N–H and O–H groups in total. The number of hydrogen-bond donors (Lipinski definition) is 1. The smallest absolute Gasteiger partial charge is 0.153 e. The Morgan fingerprint density at radius 3 is 2.93 bits per heavy atom. The number of aromatic nitrogens is 1. The highest BCUT2D eigenvalue weighted by Gasteiger charge is 2.04. The molecule has 0 bridgehead atoms. The van der Waals surface area contributed by atoms with Crippen LogP contribution in [0.15, 0.2) is 29.8 Å². The Morgan fingerprint density at radius 1 is 1.43 bits per heavy atom. The third kappa shape index (κ3) is 1.52. The summed E-state index contributed by atoms with van der Waals surface area (Å²) < 4.78 is 0. The van der Waals surface area contributed by atoms with Gasteiger partial charge in [-0.2, -0.15) is 0 Å². The maximum atomic E-state index is 10.6. The van der Waals surface area contributed by atoms with Crippen molar-refractivity contribution in [3.63, 3.8) is 0 Å². The lowest BCUT2D eigenvalue weighted by Gasteiger charge is -1.99. The number of phenolic OH excluding ortho intramolecular Hbond substituents is 1. The molecule has 1 aromatic heterocycles. The maximum Gasteiger partial charge on any atom is 0.153 e. The van der Waals surface area contributed by atoms with Crippen molar-refractivity contribution >= 4 is 17.6 Å². The summed E-state index contributed by atoms with van der Waals surface area (Å²) >= 11 is 1.49. The van der Waals surface area contributed by atoms with E-state index in [1.54, 1.807) is 18.3 Å². The number of aromatic hydroxyl groups is 1. The fourth-order valence-electron chi connectivity index (χ4n) is 1.15. The number of thiazole rings is 1. The fourth-order valence-corrected chi connectivity index (χ4v) is 1.78. The predicted octanol–water partition coefficient (Wildman–Crippen LogP) is 2.33. The van der Waals surface area contributed by atoms with Crippen LogP contribution in [0, 0.1) is 0 Å². The number of benzene rings is 1. The van der Waals surface area contributed by atoms with Crippen molar-refractivity contribution in [1.82, 2.24) is 4.98 Å². The Bertz CT molecular complexity index is 451. The van der Waals surface area contributed by atoms with Crippen LogP contribution in [-0.2, 0) is 0 Å². The maximum absolute atomic E-state index is 10.6. The molecule has 0 radical (unpaired) electrons. The van der Waals surface area contributed by atoms with Gasteiger partial charge >= 0.3 is 0 Å². The van der Waals surface area contributed by atoms with E-state index in [-0.39, 0.29) is 11.3 Å². The summed E-state index contributed by atoms with van der Waals surface area (Å²) in [5.41, 5.74) is 1.14. The molecule has 0 fully saturated rings. The standard InChI is InChI=1S/C10H7NO2S/c12-6-8-5-7(1-2-9(8)13)10-11-3-4-14-10/h1-6,13H. The summed E-state index contributed by atoms with van der Waals surface area (Å²) in [6, 6.07) is 4.86. The van der Waals surface area contributed by atoms with Crippen LogP contribution < -0.4 is 0 Å². The predicted molar refractivity (Wildman–Crippen MR) is 54.6 cm³/mol. The van der Waals surface area contributed by atoms with E-state index in [4.69, 9.17) is 0 Å². The molecule has 0 aliphatic rings. The lowest BCUT2D eigenvalue weighted by Crippen LogP contribution is -1.83. The van der Waals surface area contributed by atoms with Crippen LogP contribution in [0.1, 0.15) is 10.4 Å². The van der Waals surface area contributed by atoms with Crippen molar-refractivity contribution in [1.29, 1.82) is 0 Å². The van der Waals surface area contributed by atoms with Gasteiger partial charge in [0.25, 0.3) is 0 Å². The Balaban J connectivity index is 2.51. The zero-order valence-corrected chi connectivity index (χ0v) is 7.99. The van der Waals surface area contributed by atoms with Gasteiger partial charge in [0.15, 0.2) is 6.29 Å². The third-order valence-electron chi connectivity index (χ3n) is 1.83. The molecule has 0 amide bonds. The Hall–Kier alpha value is -1.68. The van der Waals surface area contributed by atoms with Gasteiger partial charge in [-0.1, -0.05) is 0 Å². The molecular formula is C10H7NO2S. The monoisotopic (exact) mass is 205 g/mol. The topological polar surface area (TPSA) is 50.2 Å². The normalized spacial score (nSPS) is 10.0. The summed E-state index contributed by atoms with van der Waals surface area (Å²) in [5.74, 6) is 0.000283. The fraction of sp³-hybridized carbons (Fsp3) is 0. The minimum Gasteiger partial charge on any atom is -0.507 e. The van der Waals surface area contributed by atoms with Crippen LogP contribution in [0.2, 0.25) is 0 Å². The zero-order valence-electron chi connectivity index (χ0n) is 7.18. The van der Waals surface area contributed by atoms with Crippen LogP contribution in [-0.4, -0.2) is 16.4 Å². The second-order valence-electron chi connectivity index (χ2n) is 2.73. The Kier molecular flexibility index (Phi) is 2.28. The molecular weight excluding hydrogens is 198 g/mol. The molecule has 0 unspecified atom stereocenters. The van der Waals surface area contributed by atoms with Crippen LogP contribution >= 0.6 is 11.3 Å². The molecule has 0 aliphatic carbocycles. The average Bonchev–Trinajstić information content (AvgIpc) is 2.71. The van der Waals surface area contributed by atoms with E-state index in [0.717, 1.165) is 10.6 Å². The summed E-state index contributed by atoms with van der Waals surface area (Å²) in [6.07, 6.45) is 2.33. The van der Waals surface area contributed by atoms with E-state index < -0.39 is 0 Å². The highest BCUT2D eigenvalue weighted by atomic mass is 32.1. The van der Waals surface area contributed by atoms with Gasteiger partial charge in [-0.15, -0.1) is 11.3 Å². The number of carbonyl (C=O) groups is 1. The molecule has 70 valence electrons. The third-order valence-corrected chi connectivity index (χ3v) is 2.66. The molecule has 0 spiro atoms. The first-order valence-corrected chi connectivity index (χ1v) is 4.87. The van der Waals surface area contributed by atoms with E-state index in [0.29, 0.717) is 6.29 Å².